The lowest BCUT2D eigenvalue weighted by Gasteiger charge is -2.07. The van der Waals surface area contributed by atoms with Gasteiger partial charge >= 0.3 is 0 Å². The van der Waals surface area contributed by atoms with E-state index in [1.165, 1.54) is 10.6 Å². The molecule has 0 spiro atoms. The van der Waals surface area contributed by atoms with Crippen LogP contribution in [0.5, 0.6) is 5.75 Å². The lowest BCUT2D eigenvalue weighted by Crippen LogP contribution is -2.19. The summed E-state index contributed by atoms with van der Waals surface area (Å²) in [4.78, 5) is 15.9. The molecule has 1 aromatic heterocycles. The van der Waals surface area contributed by atoms with Crippen molar-refractivity contribution in [1.82, 2.24) is 9.55 Å². The molecule has 1 heterocycles. The summed E-state index contributed by atoms with van der Waals surface area (Å²) < 4.78 is 1.49. The summed E-state index contributed by atoms with van der Waals surface area (Å²) >= 11 is 0. The van der Waals surface area contributed by atoms with E-state index in [1.807, 2.05) is 0 Å². The highest BCUT2D eigenvalue weighted by atomic mass is 16.3. The molecule has 0 radical (unpaired) electrons. The van der Waals surface area contributed by atoms with E-state index >= 15 is 0 Å². The fraction of sp³-hybridized carbons (Fsp3) is 0.167. The molecule has 4 nitrogen and oxygen atoms in total. The Bertz CT molecular complexity index is 571. The minimum absolute atomic E-state index is 0.0874. The predicted octanol–water partition coefficient (Wildman–Crippen LogP) is 1.46. The van der Waals surface area contributed by atoms with Crippen LogP contribution in [0.25, 0.3) is 11.4 Å². The lowest BCUT2D eigenvalue weighted by atomic mass is 10.2. The molecule has 0 unspecified atom stereocenters. The maximum Gasteiger partial charge on any atom is 0.253 e. The first-order chi connectivity index (χ1) is 7.58. The van der Waals surface area contributed by atoms with Crippen LogP contribution in [0.3, 0.4) is 0 Å². The van der Waals surface area contributed by atoms with Crippen LogP contribution >= 0.6 is 0 Å². The second-order valence-electron chi connectivity index (χ2n) is 3.67. The van der Waals surface area contributed by atoms with Crippen LogP contribution in [0.4, 0.5) is 0 Å². The Kier molecular flexibility index (Phi) is 2.48. The van der Waals surface area contributed by atoms with E-state index in [4.69, 9.17) is 0 Å². The number of phenols is 1. The minimum Gasteiger partial charge on any atom is -0.508 e. The van der Waals surface area contributed by atoms with Crippen LogP contribution in [0.2, 0.25) is 0 Å². The van der Waals surface area contributed by atoms with Crippen LogP contribution in [0.1, 0.15) is 5.69 Å². The standard InChI is InChI=1S/C12H12N2O2/c1-8-7-11(16)14(2)12(13-8)9-3-5-10(15)6-4-9/h3-7,15H,1-2H3. The summed E-state index contributed by atoms with van der Waals surface area (Å²) in [6.45, 7) is 1.78. The molecule has 0 aliphatic heterocycles. The molecule has 4 heteroatoms. The number of hydrogen-bond donors (Lipinski definition) is 1. The van der Waals surface area contributed by atoms with Gasteiger partial charge in [0.1, 0.15) is 11.6 Å². The molecule has 0 saturated carbocycles. The van der Waals surface area contributed by atoms with Gasteiger partial charge in [-0.2, -0.15) is 0 Å². The third-order valence-corrected chi connectivity index (χ3v) is 2.39. The van der Waals surface area contributed by atoms with Crippen LogP contribution in [-0.4, -0.2) is 14.7 Å². The van der Waals surface area contributed by atoms with Crippen molar-refractivity contribution < 1.29 is 5.11 Å². The molecular weight excluding hydrogens is 204 g/mol. The monoisotopic (exact) mass is 216 g/mol. The quantitative estimate of drug-likeness (QED) is 0.785. The second kappa shape index (κ2) is 3.81. The summed E-state index contributed by atoms with van der Waals surface area (Å²) in [6, 6.07) is 8.10. The average Bonchev–Trinajstić information content (AvgIpc) is 2.25. The smallest absolute Gasteiger partial charge is 0.253 e. The van der Waals surface area contributed by atoms with Crippen molar-refractivity contribution in [2.75, 3.05) is 0 Å². The van der Waals surface area contributed by atoms with Crippen molar-refractivity contribution >= 4 is 0 Å². The Labute approximate surface area is 92.8 Å². The van der Waals surface area contributed by atoms with Gasteiger partial charge in [0.2, 0.25) is 0 Å². The fourth-order valence-corrected chi connectivity index (χ4v) is 1.52. The summed E-state index contributed by atoms with van der Waals surface area (Å²) in [5.74, 6) is 0.798. The van der Waals surface area contributed by atoms with E-state index in [9.17, 15) is 9.90 Å². The summed E-state index contributed by atoms with van der Waals surface area (Å²) in [6.07, 6.45) is 0. The van der Waals surface area contributed by atoms with Crippen LogP contribution in [0, 0.1) is 6.92 Å². The number of nitrogens with zero attached hydrogens (tertiary/aromatic N) is 2. The molecule has 0 saturated heterocycles. The highest BCUT2D eigenvalue weighted by molar-refractivity contribution is 5.56. The zero-order valence-corrected chi connectivity index (χ0v) is 9.14. The average molecular weight is 216 g/mol. The first-order valence-electron chi connectivity index (χ1n) is 4.92. The van der Waals surface area contributed by atoms with Gasteiger partial charge in [-0.25, -0.2) is 4.98 Å². The molecular formula is C12H12N2O2. The molecule has 2 rings (SSSR count). The highest BCUT2D eigenvalue weighted by Crippen LogP contribution is 2.18. The Hall–Kier alpha value is -2.10. The lowest BCUT2D eigenvalue weighted by molar-refractivity contribution is 0.475. The summed E-state index contributed by atoms with van der Waals surface area (Å²) in [5, 5.41) is 9.19. The Morgan fingerprint density at radius 1 is 1.25 bits per heavy atom. The largest absolute Gasteiger partial charge is 0.508 e. The number of phenolic OH excluding ortho intramolecular Hbond substituents is 1. The molecule has 0 fully saturated rings. The molecule has 16 heavy (non-hydrogen) atoms. The van der Waals surface area contributed by atoms with Crippen molar-refractivity contribution in [3.8, 4) is 17.1 Å². The molecule has 0 bridgehead atoms. The van der Waals surface area contributed by atoms with Crippen molar-refractivity contribution in [2.45, 2.75) is 6.92 Å². The van der Waals surface area contributed by atoms with Gasteiger partial charge in [-0.05, 0) is 31.2 Å². The van der Waals surface area contributed by atoms with Gasteiger partial charge in [0.25, 0.3) is 5.56 Å². The number of rotatable bonds is 1. The summed E-state index contributed by atoms with van der Waals surface area (Å²) in [5.41, 5.74) is 1.41. The Morgan fingerprint density at radius 2 is 1.88 bits per heavy atom. The fourth-order valence-electron chi connectivity index (χ4n) is 1.52. The molecule has 0 aliphatic carbocycles. The highest BCUT2D eigenvalue weighted by Gasteiger charge is 2.05. The maximum atomic E-state index is 11.6. The van der Waals surface area contributed by atoms with Gasteiger partial charge in [0.05, 0.1) is 0 Å². The van der Waals surface area contributed by atoms with E-state index in [1.54, 1.807) is 38.2 Å². The molecule has 0 atom stereocenters. The first kappa shape index (κ1) is 10.4. The molecule has 1 N–H and O–H groups in total. The van der Waals surface area contributed by atoms with Gasteiger partial charge < -0.3 is 5.11 Å². The number of aryl methyl sites for hydroxylation is 1. The zero-order valence-electron chi connectivity index (χ0n) is 9.14. The first-order valence-corrected chi connectivity index (χ1v) is 4.92. The van der Waals surface area contributed by atoms with Crippen molar-refractivity contribution in [1.29, 1.82) is 0 Å². The van der Waals surface area contributed by atoms with Gasteiger partial charge in [-0.1, -0.05) is 0 Å². The van der Waals surface area contributed by atoms with Gasteiger partial charge in [-0.15, -0.1) is 0 Å². The molecule has 0 amide bonds. The van der Waals surface area contributed by atoms with Crippen LogP contribution < -0.4 is 5.56 Å². The van der Waals surface area contributed by atoms with E-state index < -0.39 is 0 Å². The zero-order chi connectivity index (χ0) is 11.7. The van der Waals surface area contributed by atoms with E-state index in [0.29, 0.717) is 11.5 Å². The Balaban J connectivity index is 2.64. The number of hydrogen-bond acceptors (Lipinski definition) is 3. The van der Waals surface area contributed by atoms with Crippen molar-refractivity contribution in [3.05, 3.63) is 46.4 Å². The normalized spacial score (nSPS) is 10.4. The number of aromatic nitrogens is 2. The SMILES string of the molecule is Cc1cc(=O)n(C)c(-c2ccc(O)cc2)n1. The maximum absolute atomic E-state index is 11.6. The molecule has 82 valence electrons. The van der Waals surface area contributed by atoms with E-state index in [-0.39, 0.29) is 11.3 Å². The van der Waals surface area contributed by atoms with E-state index in [0.717, 1.165) is 5.56 Å². The van der Waals surface area contributed by atoms with Crippen LogP contribution in [-0.2, 0) is 7.05 Å². The van der Waals surface area contributed by atoms with Crippen molar-refractivity contribution in [2.24, 2.45) is 7.05 Å². The molecule has 1 aromatic carbocycles. The molecule has 0 aliphatic rings. The Morgan fingerprint density at radius 3 is 2.50 bits per heavy atom. The number of aromatic hydroxyl groups is 1. The van der Waals surface area contributed by atoms with Crippen molar-refractivity contribution in [3.63, 3.8) is 0 Å². The van der Waals surface area contributed by atoms with Gasteiger partial charge in [0, 0.05) is 24.4 Å². The van der Waals surface area contributed by atoms with E-state index in [2.05, 4.69) is 4.98 Å². The molecule has 2 aromatic rings. The third-order valence-electron chi connectivity index (χ3n) is 2.39. The second-order valence-corrected chi connectivity index (χ2v) is 3.67. The summed E-state index contributed by atoms with van der Waals surface area (Å²) in [7, 11) is 1.68. The van der Waals surface area contributed by atoms with Gasteiger partial charge in [-0.3, -0.25) is 9.36 Å². The predicted molar refractivity (Wildman–Crippen MR) is 61.3 cm³/mol. The number of benzene rings is 1. The minimum atomic E-state index is -0.0874. The topological polar surface area (TPSA) is 55.1 Å². The van der Waals surface area contributed by atoms with Gasteiger partial charge in [0.15, 0.2) is 0 Å². The third kappa shape index (κ3) is 1.82. The van der Waals surface area contributed by atoms with Crippen LogP contribution in [0.15, 0.2) is 35.1 Å².